The summed E-state index contributed by atoms with van der Waals surface area (Å²) in [6, 6.07) is 13.1. The zero-order chi connectivity index (χ0) is 29.2. The molecule has 0 saturated carbocycles. The van der Waals surface area contributed by atoms with Crippen LogP contribution >= 0.6 is 44.6 Å². The van der Waals surface area contributed by atoms with Gasteiger partial charge in [0.1, 0.15) is 0 Å². The Bertz CT molecular complexity index is 2040. The van der Waals surface area contributed by atoms with E-state index in [1.807, 2.05) is 10.8 Å². The molecule has 2 aliphatic heterocycles. The van der Waals surface area contributed by atoms with E-state index >= 15 is 0 Å². The molecule has 4 aromatic rings. The van der Waals surface area contributed by atoms with Crippen molar-refractivity contribution >= 4 is 86.7 Å². The summed E-state index contributed by atoms with van der Waals surface area (Å²) < 4.78 is 0. The molecular formula is C36H26O2S4. The fourth-order valence-electron chi connectivity index (χ4n) is 7.22. The van der Waals surface area contributed by atoms with Crippen molar-refractivity contribution in [1.82, 2.24) is 0 Å². The van der Waals surface area contributed by atoms with Crippen LogP contribution in [0.4, 0.5) is 0 Å². The van der Waals surface area contributed by atoms with Crippen LogP contribution in [0.1, 0.15) is 75.0 Å². The number of hydrogen-bond acceptors (Lipinski definition) is 4. The summed E-state index contributed by atoms with van der Waals surface area (Å²) in [5, 5.41) is 4.07. The Balaban J connectivity index is 1.51. The molecule has 0 spiro atoms. The maximum atomic E-state index is 14.1. The third kappa shape index (κ3) is 3.41. The Morgan fingerprint density at radius 2 is 0.833 bits per heavy atom. The van der Waals surface area contributed by atoms with Crippen LogP contribution in [0.3, 0.4) is 0 Å². The van der Waals surface area contributed by atoms with Crippen LogP contribution in [0.25, 0.3) is 11.1 Å². The molecule has 0 atom stereocenters. The minimum Gasteiger partial charge on any atom is -0.287 e. The predicted octanol–water partition coefficient (Wildman–Crippen LogP) is 8.54. The molecule has 4 aliphatic rings. The van der Waals surface area contributed by atoms with E-state index in [-0.39, 0.29) is 11.6 Å². The first kappa shape index (κ1) is 26.2. The fourth-order valence-corrected chi connectivity index (χ4v) is 11.8. The first-order valence-electron chi connectivity index (χ1n) is 13.9. The standard InChI is InChI=1S/C36H26O2S4/c1-15-11-17(3)23(18(4)12-15)25-21-7-9-39-31(21)29(37)33-27(25)35-36(41-33)28-26(24-19(5)13-16(2)14-20(24)6)22-8-10-40-32(22)30(38)34(28)42-35/h7-14H,1-6H3. The zero-order valence-corrected chi connectivity index (χ0v) is 27.3. The van der Waals surface area contributed by atoms with Crippen molar-refractivity contribution in [3.05, 3.63) is 124 Å². The predicted molar refractivity (Wildman–Crippen MR) is 186 cm³/mol. The zero-order valence-electron chi connectivity index (χ0n) is 24.1. The van der Waals surface area contributed by atoms with E-state index in [0.29, 0.717) is 0 Å². The fraction of sp³-hybridized carbons (Fsp3) is 0.167. The van der Waals surface area contributed by atoms with Gasteiger partial charge in [0, 0.05) is 33.4 Å². The summed E-state index contributed by atoms with van der Waals surface area (Å²) in [4.78, 5) is 33.5. The number of thiophene rings is 2. The first-order chi connectivity index (χ1) is 20.2. The number of rotatable bonds is 2. The molecule has 0 saturated heterocycles. The van der Waals surface area contributed by atoms with E-state index in [4.69, 9.17) is 0 Å². The molecular weight excluding hydrogens is 593 g/mol. The van der Waals surface area contributed by atoms with Crippen molar-refractivity contribution in [2.75, 3.05) is 0 Å². The molecule has 0 radical (unpaired) electrons. The van der Waals surface area contributed by atoms with Gasteiger partial charge in [-0.15, -0.1) is 44.6 Å². The maximum absolute atomic E-state index is 14.1. The van der Waals surface area contributed by atoms with Gasteiger partial charge in [0.05, 0.1) is 29.2 Å². The van der Waals surface area contributed by atoms with E-state index in [9.17, 15) is 9.59 Å². The van der Waals surface area contributed by atoms with Crippen molar-refractivity contribution in [3.8, 4) is 0 Å². The van der Waals surface area contributed by atoms with Crippen LogP contribution < -0.4 is 0 Å². The Hall–Kier alpha value is -3.42. The largest absolute Gasteiger partial charge is 0.287 e. The lowest BCUT2D eigenvalue weighted by molar-refractivity contribution is 0.106. The summed E-state index contributed by atoms with van der Waals surface area (Å²) >= 11 is 3.06. The van der Waals surface area contributed by atoms with Crippen LogP contribution in [0.5, 0.6) is 0 Å². The van der Waals surface area contributed by atoms with Gasteiger partial charge in [-0.2, -0.15) is 0 Å². The molecule has 0 fully saturated rings. The van der Waals surface area contributed by atoms with Gasteiger partial charge < -0.3 is 0 Å². The quantitative estimate of drug-likeness (QED) is 0.211. The molecule has 0 N–H and O–H groups in total. The van der Waals surface area contributed by atoms with Crippen LogP contribution in [-0.4, -0.2) is 31.0 Å². The summed E-state index contributed by atoms with van der Waals surface area (Å²) in [5.74, 6) is 0.205. The van der Waals surface area contributed by atoms with Crippen LogP contribution in [-0.2, 0) is 0 Å². The van der Waals surface area contributed by atoms with Gasteiger partial charge in [0.25, 0.3) is 0 Å². The summed E-state index contributed by atoms with van der Waals surface area (Å²) in [6.45, 7) is 12.9. The average Bonchev–Trinajstić information content (AvgIpc) is 3.70. The summed E-state index contributed by atoms with van der Waals surface area (Å²) in [5.41, 5.74) is 16.0. The second kappa shape index (κ2) is 9.04. The highest BCUT2D eigenvalue weighted by Gasteiger charge is 2.45. The second-order valence-corrected chi connectivity index (χ2v) is 15.4. The lowest BCUT2D eigenvalue weighted by atomic mass is 9.77. The molecule has 0 unspecified atom stereocenters. The maximum Gasteiger partial charge on any atom is 0.214 e. The molecule has 0 bridgehead atoms. The highest BCUT2D eigenvalue weighted by Crippen LogP contribution is 2.48. The Labute approximate surface area is 260 Å². The summed E-state index contributed by atoms with van der Waals surface area (Å²) in [7, 11) is 3.16. The number of Topliss-reactive ketones (excluding diaryl/α,β-unsaturated/α-hetero) is 2. The number of carbonyl (C=O) groups excluding carboxylic acids is 2. The molecule has 206 valence electrons. The van der Waals surface area contributed by atoms with Gasteiger partial charge in [-0.1, -0.05) is 35.4 Å². The molecule has 2 aromatic carbocycles. The minimum atomic E-state index is 0.103. The number of hydrogen-bond donors (Lipinski definition) is 0. The average molecular weight is 619 g/mol. The van der Waals surface area contributed by atoms with E-state index < -0.39 is 0 Å². The van der Waals surface area contributed by atoms with Crippen LogP contribution in [0, 0.1) is 41.5 Å². The van der Waals surface area contributed by atoms with Crippen LogP contribution in [0.15, 0.2) is 58.3 Å². The topological polar surface area (TPSA) is 34.1 Å². The first-order valence-corrected chi connectivity index (χ1v) is 17.3. The van der Waals surface area contributed by atoms with Crippen molar-refractivity contribution in [2.45, 2.75) is 41.5 Å². The number of ketones is 2. The highest BCUT2D eigenvalue weighted by atomic mass is 32.1. The van der Waals surface area contributed by atoms with Crippen molar-refractivity contribution in [3.63, 3.8) is 0 Å². The van der Waals surface area contributed by atoms with Crippen molar-refractivity contribution in [1.29, 1.82) is 0 Å². The van der Waals surface area contributed by atoms with Gasteiger partial charge in [-0.05, 0) is 97.8 Å². The third-order valence-electron chi connectivity index (χ3n) is 8.57. The van der Waals surface area contributed by atoms with E-state index in [2.05, 4.69) is 77.9 Å². The molecule has 6 heteroatoms. The SMILES string of the molecule is Cc1cc(C)c(C2=C3C(=S=C4C3=S=C3C(=O)c5sccc5C(c5c(C)cc(C)cc5C)=C34)C(=O)c3sccc32)c(C)c1. The molecule has 2 nitrogen and oxygen atoms in total. The summed E-state index contributed by atoms with van der Waals surface area (Å²) in [6.07, 6.45) is 0. The number of fused-ring (bicyclic) bond motifs is 7. The van der Waals surface area contributed by atoms with E-state index in [1.54, 1.807) is 21.9 Å². The highest BCUT2D eigenvalue weighted by molar-refractivity contribution is 8.11. The van der Waals surface area contributed by atoms with E-state index in [1.165, 1.54) is 67.2 Å². The minimum absolute atomic E-state index is 0.103. The molecule has 4 heterocycles. The molecule has 2 aromatic heterocycles. The van der Waals surface area contributed by atoms with Gasteiger partial charge in [0.2, 0.25) is 11.6 Å². The molecule has 42 heavy (non-hydrogen) atoms. The normalized spacial score (nSPS) is 16.9. The van der Waals surface area contributed by atoms with Gasteiger partial charge in [-0.25, -0.2) is 0 Å². The van der Waals surface area contributed by atoms with Gasteiger partial charge >= 0.3 is 0 Å². The van der Waals surface area contributed by atoms with Crippen LogP contribution in [0.2, 0.25) is 0 Å². The number of allylic oxidation sites excluding steroid dienone is 2. The van der Waals surface area contributed by atoms with E-state index in [0.717, 1.165) is 62.6 Å². The monoisotopic (exact) mass is 618 g/mol. The number of benzene rings is 2. The Morgan fingerprint density at radius 3 is 1.19 bits per heavy atom. The third-order valence-corrected chi connectivity index (χ3v) is 12.9. The van der Waals surface area contributed by atoms with Gasteiger partial charge in [0.15, 0.2) is 0 Å². The van der Waals surface area contributed by atoms with Gasteiger partial charge in [-0.3, -0.25) is 9.59 Å². The smallest absolute Gasteiger partial charge is 0.214 e. The Kier molecular flexibility index (Phi) is 5.65. The second-order valence-electron chi connectivity index (χ2n) is 11.6. The lowest BCUT2D eigenvalue weighted by Gasteiger charge is -2.24. The molecule has 0 amide bonds. The van der Waals surface area contributed by atoms with Crippen molar-refractivity contribution in [2.24, 2.45) is 0 Å². The lowest BCUT2D eigenvalue weighted by Crippen LogP contribution is -2.26. The molecule has 8 rings (SSSR count). The number of carbonyl (C=O) groups is 2. The number of aryl methyl sites for hydroxylation is 6. The Morgan fingerprint density at radius 1 is 0.476 bits per heavy atom. The molecule has 2 aliphatic carbocycles. The van der Waals surface area contributed by atoms with Crippen molar-refractivity contribution < 1.29 is 9.59 Å².